The lowest BCUT2D eigenvalue weighted by Gasteiger charge is -2.29. The number of hydrogen-bond acceptors (Lipinski definition) is 5. The molecule has 0 radical (unpaired) electrons. The smallest absolute Gasteiger partial charge is 0.424 e. The molecule has 0 aliphatic heterocycles. The molecule has 0 saturated heterocycles. The number of rotatable bonds is 6. The van der Waals surface area contributed by atoms with E-state index < -0.39 is 35.2 Å². The highest BCUT2D eigenvalue weighted by atomic mass is 32.1. The summed E-state index contributed by atoms with van der Waals surface area (Å²) in [5.74, 6) is -1.16. The van der Waals surface area contributed by atoms with Crippen LogP contribution in [0.2, 0.25) is 0 Å². The zero-order valence-corrected chi connectivity index (χ0v) is 18.8. The van der Waals surface area contributed by atoms with Crippen LogP contribution >= 0.6 is 11.3 Å². The summed E-state index contributed by atoms with van der Waals surface area (Å²) < 4.78 is 41.7. The third-order valence-electron chi connectivity index (χ3n) is 5.53. The fourth-order valence-electron chi connectivity index (χ4n) is 3.84. The number of hydrogen-bond donors (Lipinski definition) is 3. The van der Waals surface area contributed by atoms with Crippen LogP contribution in [0.1, 0.15) is 34.3 Å². The zero-order valence-electron chi connectivity index (χ0n) is 18.0. The number of nitrogens with zero attached hydrogens (tertiary/aromatic N) is 1. The average Bonchev–Trinajstić information content (AvgIpc) is 3.24. The third kappa shape index (κ3) is 4.49. The minimum absolute atomic E-state index is 0.116. The van der Waals surface area contributed by atoms with Gasteiger partial charge in [-0.1, -0.05) is 60.7 Å². The molecule has 1 aromatic heterocycles. The van der Waals surface area contributed by atoms with Gasteiger partial charge in [0.05, 0.1) is 12.5 Å². The maximum absolute atomic E-state index is 13.9. The second kappa shape index (κ2) is 9.08. The van der Waals surface area contributed by atoms with Crippen LogP contribution in [0.3, 0.4) is 0 Å². The van der Waals surface area contributed by atoms with E-state index in [1.54, 1.807) is 48.5 Å². The number of aliphatic hydroxyl groups is 1. The molecular weight excluding hydrogens is 465 g/mol. The van der Waals surface area contributed by atoms with Gasteiger partial charge in [0.15, 0.2) is 0 Å². The van der Waals surface area contributed by atoms with Crippen LogP contribution in [0, 0.1) is 6.92 Å². The fourth-order valence-corrected chi connectivity index (χ4v) is 4.75. The summed E-state index contributed by atoms with van der Waals surface area (Å²) in [6, 6.07) is 18.0. The average molecular weight is 487 g/mol. The van der Waals surface area contributed by atoms with Crippen LogP contribution in [-0.4, -0.2) is 27.3 Å². The summed E-state index contributed by atoms with van der Waals surface area (Å²) in [4.78, 5) is 16.8. The molecule has 1 amide bonds. The highest BCUT2D eigenvalue weighted by Gasteiger charge is 2.58. The van der Waals surface area contributed by atoms with Crippen molar-refractivity contribution in [2.45, 2.75) is 31.2 Å². The Balaban J connectivity index is 1.75. The molecule has 0 spiro atoms. The molecule has 2 atom stereocenters. The van der Waals surface area contributed by atoms with Crippen molar-refractivity contribution >= 4 is 28.0 Å². The number of carbonyl (C=O) groups excluding carboxylic acids is 1. The van der Waals surface area contributed by atoms with Crippen molar-refractivity contribution < 1.29 is 28.2 Å². The Bertz CT molecular complexity index is 1320. The number of benzene rings is 3. The largest absolute Gasteiger partial charge is 0.508 e. The van der Waals surface area contributed by atoms with Crippen LogP contribution in [0.25, 0.3) is 10.8 Å². The van der Waals surface area contributed by atoms with Gasteiger partial charge in [-0.15, -0.1) is 11.3 Å². The van der Waals surface area contributed by atoms with Gasteiger partial charge in [0.25, 0.3) is 0 Å². The number of carbonyl (C=O) groups is 1. The lowest BCUT2D eigenvalue weighted by molar-refractivity contribution is -0.267. The van der Waals surface area contributed by atoms with Gasteiger partial charge in [0.1, 0.15) is 10.8 Å². The number of amides is 1. The number of fused-ring (bicyclic) bond motifs is 1. The van der Waals surface area contributed by atoms with Crippen LogP contribution in [0.4, 0.5) is 13.2 Å². The number of aryl methyl sites for hydroxylation is 1. The van der Waals surface area contributed by atoms with Crippen LogP contribution in [-0.2, 0) is 10.4 Å². The summed E-state index contributed by atoms with van der Waals surface area (Å²) in [7, 11) is 0. The van der Waals surface area contributed by atoms with E-state index in [9.17, 15) is 28.2 Å². The topological polar surface area (TPSA) is 82.5 Å². The van der Waals surface area contributed by atoms with Gasteiger partial charge < -0.3 is 15.5 Å². The summed E-state index contributed by atoms with van der Waals surface area (Å²) in [5, 5.41) is 26.1. The van der Waals surface area contributed by atoms with Crippen LogP contribution < -0.4 is 5.32 Å². The van der Waals surface area contributed by atoms with Gasteiger partial charge in [-0.25, -0.2) is 4.98 Å². The number of phenols is 1. The SMILES string of the molecule is Cc1csc(C(O)(CC(=O)NC(c2ccccc2)c2c(O)ccc3ccccc23)C(F)(F)F)n1. The Labute approximate surface area is 197 Å². The first-order valence-corrected chi connectivity index (χ1v) is 11.2. The van der Waals surface area contributed by atoms with Gasteiger partial charge in [-0.3, -0.25) is 4.79 Å². The number of alkyl halides is 3. The quantitative estimate of drug-likeness (QED) is 0.343. The molecule has 4 aromatic rings. The van der Waals surface area contributed by atoms with E-state index in [1.165, 1.54) is 18.4 Å². The first-order chi connectivity index (χ1) is 16.1. The van der Waals surface area contributed by atoms with Gasteiger partial charge in [-0.05, 0) is 29.3 Å². The molecule has 0 saturated carbocycles. The Kier molecular flexibility index (Phi) is 6.33. The first-order valence-electron chi connectivity index (χ1n) is 10.4. The molecule has 0 aliphatic carbocycles. The highest BCUT2D eigenvalue weighted by Crippen LogP contribution is 2.43. The number of thiazole rings is 1. The van der Waals surface area contributed by atoms with Gasteiger partial charge in [0, 0.05) is 16.6 Å². The lowest BCUT2D eigenvalue weighted by atomic mass is 9.92. The number of aromatic hydroxyl groups is 1. The van der Waals surface area contributed by atoms with Crippen molar-refractivity contribution in [2.75, 3.05) is 0 Å². The number of halogens is 3. The van der Waals surface area contributed by atoms with Gasteiger partial charge in [-0.2, -0.15) is 13.2 Å². The summed E-state index contributed by atoms with van der Waals surface area (Å²) in [6.45, 7) is 1.51. The Hall–Kier alpha value is -3.43. The molecule has 9 heteroatoms. The molecule has 3 N–H and O–H groups in total. The maximum Gasteiger partial charge on any atom is 0.424 e. The van der Waals surface area contributed by atoms with E-state index in [1.807, 2.05) is 12.1 Å². The molecule has 0 bridgehead atoms. The molecule has 5 nitrogen and oxygen atoms in total. The molecule has 2 unspecified atom stereocenters. The number of nitrogens with one attached hydrogen (secondary N) is 1. The van der Waals surface area contributed by atoms with E-state index in [2.05, 4.69) is 10.3 Å². The predicted molar refractivity (Wildman–Crippen MR) is 123 cm³/mol. The third-order valence-corrected chi connectivity index (χ3v) is 6.64. The number of aromatic nitrogens is 1. The molecule has 34 heavy (non-hydrogen) atoms. The summed E-state index contributed by atoms with van der Waals surface area (Å²) >= 11 is 0.640. The van der Waals surface area contributed by atoms with Crippen molar-refractivity contribution in [2.24, 2.45) is 0 Å². The second-order valence-electron chi connectivity index (χ2n) is 7.96. The van der Waals surface area contributed by atoms with Crippen molar-refractivity contribution in [1.29, 1.82) is 0 Å². The standard InChI is InChI=1S/C25H21F3N2O3S/c1-15-14-34-23(29-15)24(33,25(26,27)28)13-20(32)30-22(17-8-3-2-4-9-17)21-18-10-6-5-7-16(18)11-12-19(21)31/h2-12,14,22,31,33H,13H2,1H3,(H,30,32). The molecule has 1 heterocycles. The van der Waals surface area contributed by atoms with E-state index in [-0.39, 0.29) is 5.75 Å². The first kappa shape index (κ1) is 23.7. The van der Waals surface area contributed by atoms with Crippen LogP contribution in [0.5, 0.6) is 5.75 Å². The monoisotopic (exact) mass is 486 g/mol. The molecule has 4 rings (SSSR count). The van der Waals surface area contributed by atoms with E-state index in [0.717, 1.165) is 5.39 Å². The van der Waals surface area contributed by atoms with Crippen molar-refractivity contribution in [3.8, 4) is 5.75 Å². The molecule has 176 valence electrons. The molecule has 0 aliphatic rings. The van der Waals surface area contributed by atoms with Gasteiger partial charge >= 0.3 is 6.18 Å². The van der Waals surface area contributed by atoms with Gasteiger partial charge in [0.2, 0.25) is 11.5 Å². The maximum atomic E-state index is 13.9. The normalized spacial score (nSPS) is 14.5. The second-order valence-corrected chi connectivity index (χ2v) is 8.82. The summed E-state index contributed by atoms with van der Waals surface area (Å²) in [6.07, 6.45) is -6.41. The van der Waals surface area contributed by atoms with E-state index in [4.69, 9.17) is 0 Å². The van der Waals surface area contributed by atoms with E-state index >= 15 is 0 Å². The van der Waals surface area contributed by atoms with Crippen molar-refractivity contribution in [3.63, 3.8) is 0 Å². The highest BCUT2D eigenvalue weighted by molar-refractivity contribution is 7.09. The number of phenolic OH excluding ortho intramolecular Hbond substituents is 1. The van der Waals surface area contributed by atoms with Crippen molar-refractivity contribution in [1.82, 2.24) is 10.3 Å². The Morgan fingerprint density at radius 1 is 1.06 bits per heavy atom. The zero-order chi connectivity index (χ0) is 24.5. The lowest BCUT2D eigenvalue weighted by Crippen LogP contribution is -2.46. The molecule has 0 fully saturated rings. The minimum atomic E-state index is -5.13. The Morgan fingerprint density at radius 2 is 1.74 bits per heavy atom. The minimum Gasteiger partial charge on any atom is -0.508 e. The summed E-state index contributed by atoms with van der Waals surface area (Å²) in [5.41, 5.74) is -2.23. The fraction of sp³-hybridized carbons (Fsp3) is 0.200. The molecular formula is C25H21F3N2O3S. The van der Waals surface area contributed by atoms with Crippen LogP contribution in [0.15, 0.2) is 72.1 Å². The molecule has 3 aromatic carbocycles. The van der Waals surface area contributed by atoms with Crippen molar-refractivity contribution in [3.05, 3.63) is 93.9 Å². The predicted octanol–water partition coefficient (Wildman–Crippen LogP) is 5.36. The Morgan fingerprint density at radius 3 is 2.38 bits per heavy atom. The van der Waals surface area contributed by atoms with E-state index in [0.29, 0.717) is 33.5 Å².